The summed E-state index contributed by atoms with van der Waals surface area (Å²) in [5, 5.41) is 0. The number of alkyl halides is 2. The first-order valence-corrected chi connectivity index (χ1v) is 7.56. The van der Waals surface area contributed by atoms with Crippen LogP contribution in [0.4, 0.5) is 0 Å². The van der Waals surface area contributed by atoms with Crippen LogP contribution >= 0.6 is 23.2 Å². The molecule has 0 N–H and O–H groups in total. The zero-order chi connectivity index (χ0) is 17.1. The fourth-order valence-corrected chi connectivity index (χ4v) is 5.56. The Morgan fingerprint density at radius 3 is 2.09 bits per heavy atom. The molecule has 0 amide bonds. The second-order valence-electron chi connectivity index (χ2n) is 6.20. The van der Waals surface area contributed by atoms with Crippen molar-refractivity contribution in [2.24, 2.45) is 11.8 Å². The molecule has 4 atom stereocenters. The van der Waals surface area contributed by atoms with E-state index in [0.717, 1.165) is 0 Å². The minimum absolute atomic E-state index is 0.611. The molecule has 1 saturated heterocycles. The van der Waals surface area contributed by atoms with Crippen LogP contribution in [0.1, 0.15) is 20.8 Å². The summed E-state index contributed by atoms with van der Waals surface area (Å²) in [7, 11) is 3.76. The van der Waals surface area contributed by atoms with Crippen LogP contribution < -0.4 is 0 Å². The smallest absolute Gasteiger partial charge is 0.333 e. The Labute approximate surface area is 139 Å². The van der Waals surface area contributed by atoms with Gasteiger partial charge in [-0.3, -0.25) is 0 Å². The molecule has 1 saturated carbocycles. The summed E-state index contributed by atoms with van der Waals surface area (Å²) in [5.41, 5.74) is -0.939. The molecule has 1 aliphatic heterocycles. The van der Waals surface area contributed by atoms with Crippen molar-refractivity contribution < 1.29 is 28.5 Å². The van der Waals surface area contributed by atoms with Gasteiger partial charge in [0.15, 0.2) is 0 Å². The van der Waals surface area contributed by atoms with Gasteiger partial charge in [0.25, 0.3) is 0 Å². The summed E-state index contributed by atoms with van der Waals surface area (Å²) in [4.78, 5) is 21.4. The number of halogens is 2. The van der Waals surface area contributed by atoms with Crippen molar-refractivity contribution in [3.05, 3.63) is 0 Å². The summed E-state index contributed by atoms with van der Waals surface area (Å²) in [6.07, 6.45) is 0. The highest BCUT2D eigenvalue weighted by Crippen LogP contribution is 2.68. The zero-order valence-electron chi connectivity index (χ0n) is 13.4. The van der Waals surface area contributed by atoms with E-state index in [2.05, 4.69) is 0 Å². The zero-order valence-corrected chi connectivity index (χ0v) is 14.9. The number of fused-ring (bicyclic) bond motifs is 1. The first-order chi connectivity index (χ1) is 10.0. The number of hydrogen-bond acceptors (Lipinski definition) is 6. The topological polar surface area (TPSA) is 71.1 Å². The van der Waals surface area contributed by atoms with Crippen LogP contribution in [-0.4, -0.2) is 54.4 Å². The van der Waals surface area contributed by atoms with Gasteiger partial charge >= 0.3 is 11.9 Å². The van der Waals surface area contributed by atoms with Gasteiger partial charge in [-0.15, -0.1) is 23.2 Å². The van der Waals surface area contributed by atoms with Crippen molar-refractivity contribution in [2.45, 2.75) is 41.9 Å². The lowest BCUT2D eigenvalue weighted by Crippen LogP contribution is -2.66. The first-order valence-electron chi connectivity index (χ1n) is 6.81. The third-order valence-corrected chi connectivity index (χ3v) is 6.36. The minimum atomic E-state index is -1.93. The van der Waals surface area contributed by atoms with E-state index in [0.29, 0.717) is 0 Å². The van der Waals surface area contributed by atoms with Crippen LogP contribution in [0, 0.1) is 11.8 Å². The van der Waals surface area contributed by atoms with Gasteiger partial charge in [0.2, 0.25) is 15.5 Å². The molecule has 0 aromatic heterocycles. The largest absolute Gasteiger partial charge is 0.468 e. The molecule has 0 unspecified atom stereocenters. The number of carbonyl (C=O) groups excluding carboxylic acids is 2. The predicted molar refractivity (Wildman–Crippen MR) is 78.8 cm³/mol. The molecule has 126 valence electrons. The molecule has 1 heterocycles. The maximum atomic E-state index is 12.5. The van der Waals surface area contributed by atoms with E-state index in [9.17, 15) is 9.59 Å². The van der Waals surface area contributed by atoms with E-state index >= 15 is 0 Å². The molecule has 1 aliphatic carbocycles. The molecular formula is C14H20Cl2O6. The second kappa shape index (κ2) is 4.97. The summed E-state index contributed by atoms with van der Waals surface area (Å²) in [6, 6.07) is 0. The van der Waals surface area contributed by atoms with Gasteiger partial charge in [-0.2, -0.15) is 0 Å². The van der Waals surface area contributed by atoms with Gasteiger partial charge in [0.1, 0.15) is 5.60 Å². The standard InChI is InChI=1S/C14H20Cl2O6/c1-7-8-11(2,3)22-10(18)13(8,16)14(20-5,21-6)12(7,15)9(17)19-4/h7-8H,1-6H3/t7-,8+,12+,13-/m0/s1. The molecule has 0 aromatic rings. The van der Waals surface area contributed by atoms with Crippen molar-refractivity contribution in [1.29, 1.82) is 0 Å². The van der Waals surface area contributed by atoms with E-state index in [1.54, 1.807) is 20.8 Å². The molecule has 0 radical (unpaired) electrons. The summed E-state index contributed by atoms with van der Waals surface area (Å²) in [5.74, 6) is -4.66. The van der Waals surface area contributed by atoms with Crippen LogP contribution in [0.25, 0.3) is 0 Å². The third kappa shape index (κ3) is 1.59. The van der Waals surface area contributed by atoms with Gasteiger partial charge in [-0.25, -0.2) is 9.59 Å². The monoisotopic (exact) mass is 354 g/mol. The Balaban J connectivity index is 2.81. The normalized spacial score (nSPS) is 41.9. The van der Waals surface area contributed by atoms with Gasteiger partial charge in [-0.05, 0) is 13.8 Å². The Morgan fingerprint density at radius 2 is 1.68 bits per heavy atom. The number of ether oxygens (including phenoxy) is 4. The number of esters is 2. The van der Waals surface area contributed by atoms with E-state index in [4.69, 9.17) is 42.1 Å². The average Bonchev–Trinajstić information content (AvgIpc) is 2.74. The van der Waals surface area contributed by atoms with Crippen LogP contribution in [0.2, 0.25) is 0 Å². The SMILES string of the molecule is COC(=O)[C@]1(Cl)[C@@H](C)[C@@H]2C(C)(C)OC(=O)[C@]2(Cl)C1(OC)OC. The molecule has 2 fully saturated rings. The lowest BCUT2D eigenvalue weighted by atomic mass is 9.78. The molecule has 8 heteroatoms. The Morgan fingerprint density at radius 1 is 1.18 bits per heavy atom. The van der Waals surface area contributed by atoms with Crippen molar-refractivity contribution in [1.82, 2.24) is 0 Å². The third-order valence-electron chi connectivity index (χ3n) is 4.97. The molecule has 2 rings (SSSR count). The summed E-state index contributed by atoms with van der Waals surface area (Å²) >= 11 is 13.4. The number of carbonyl (C=O) groups is 2. The lowest BCUT2D eigenvalue weighted by molar-refractivity contribution is -0.241. The average molecular weight is 355 g/mol. The maximum absolute atomic E-state index is 12.5. The number of methoxy groups -OCH3 is 3. The van der Waals surface area contributed by atoms with Crippen LogP contribution in [0.15, 0.2) is 0 Å². The van der Waals surface area contributed by atoms with Gasteiger partial charge < -0.3 is 18.9 Å². The molecule has 0 spiro atoms. The van der Waals surface area contributed by atoms with Crippen LogP contribution in [0.5, 0.6) is 0 Å². The van der Waals surface area contributed by atoms with Crippen molar-refractivity contribution in [2.75, 3.05) is 21.3 Å². The highest BCUT2D eigenvalue weighted by atomic mass is 35.5. The number of rotatable bonds is 3. The Hall–Kier alpha value is -0.560. The fourth-order valence-electron chi connectivity index (χ4n) is 4.21. The van der Waals surface area contributed by atoms with Gasteiger partial charge in [0.05, 0.1) is 7.11 Å². The van der Waals surface area contributed by atoms with E-state index in [-0.39, 0.29) is 0 Å². The highest BCUT2D eigenvalue weighted by molar-refractivity contribution is 6.42. The first kappa shape index (κ1) is 17.8. The fraction of sp³-hybridized carbons (Fsp3) is 0.857. The maximum Gasteiger partial charge on any atom is 0.333 e. The molecule has 6 nitrogen and oxygen atoms in total. The van der Waals surface area contributed by atoms with Crippen molar-refractivity contribution in [3.8, 4) is 0 Å². The summed E-state index contributed by atoms with van der Waals surface area (Å²) in [6.45, 7) is 5.13. The van der Waals surface area contributed by atoms with Crippen LogP contribution in [0.3, 0.4) is 0 Å². The number of cyclic esters (lactones) is 1. The number of hydrogen-bond donors (Lipinski definition) is 0. The van der Waals surface area contributed by atoms with E-state index in [1.807, 2.05) is 0 Å². The second-order valence-corrected chi connectivity index (χ2v) is 7.39. The predicted octanol–water partition coefficient (Wildman–Crippen LogP) is 1.70. The van der Waals surface area contributed by atoms with Crippen molar-refractivity contribution >= 4 is 35.1 Å². The molecular weight excluding hydrogens is 335 g/mol. The molecule has 0 bridgehead atoms. The molecule has 2 aliphatic rings. The molecule has 0 aromatic carbocycles. The Bertz CT molecular complexity index is 517. The lowest BCUT2D eigenvalue weighted by Gasteiger charge is -2.43. The van der Waals surface area contributed by atoms with Crippen molar-refractivity contribution in [3.63, 3.8) is 0 Å². The molecule has 22 heavy (non-hydrogen) atoms. The Kier molecular flexibility index (Phi) is 4.02. The van der Waals surface area contributed by atoms with E-state index < -0.39 is 44.9 Å². The van der Waals surface area contributed by atoms with Gasteiger partial charge in [0, 0.05) is 26.1 Å². The van der Waals surface area contributed by atoms with E-state index in [1.165, 1.54) is 21.3 Å². The highest BCUT2D eigenvalue weighted by Gasteiger charge is 2.87. The quantitative estimate of drug-likeness (QED) is 0.436. The van der Waals surface area contributed by atoms with Gasteiger partial charge in [-0.1, -0.05) is 6.92 Å². The van der Waals surface area contributed by atoms with Crippen LogP contribution in [-0.2, 0) is 28.5 Å². The summed E-state index contributed by atoms with van der Waals surface area (Å²) < 4.78 is 21.2. The minimum Gasteiger partial charge on any atom is -0.468 e.